The molecule has 104 valence electrons. The molecule has 6 nitrogen and oxygen atoms in total. The molecule has 0 aliphatic carbocycles. The van der Waals surface area contributed by atoms with Crippen molar-refractivity contribution in [1.29, 1.82) is 0 Å². The number of nitrogens with one attached hydrogen (secondary N) is 1. The van der Waals surface area contributed by atoms with Crippen LogP contribution >= 0.6 is 0 Å². The first-order valence-electron chi connectivity index (χ1n) is 6.26. The number of sulfonamides is 1. The Balaban J connectivity index is 1.82. The largest absolute Gasteiger partial charge is 0.351 e. The minimum Gasteiger partial charge on any atom is -0.351 e. The van der Waals surface area contributed by atoms with Crippen LogP contribution in [0.1, 0.15) is 23.2 Å². The van der Waals surface area contributed by atoms with Crippen LogP contribution in [-0.2, 0) is 10.0 Å². The molecule has 2 rings (SSSR count). The zero-order valence-corrected chi connectivity index (χ0v) is 11.4. The van der Waals surface area contributed by atoms with Crippen LogP contribution in [0.4, 0.5) is 0 Å². The van der Waals surface area contributed by atoms with Gasteiger partial charge in [0.2, 0.25) is 10.0 Å². The van der Waals surface area contributed by atoms with Gasteiger partial charge < -0.3 is 5.32 Å². The third kappa shape index (κ3) is 3.74. The third-order valence-electron chi connectivity index (χ3n) is 3.02. The number of carbonyl (C=O) groups excluding carboxylic acids is 1. The van der Waals surface area contributed by atoms with Gasteiger partial charge in [-0.1, -0.05) is 0 Å². The summed E-state index contributed by atoms with van der Waals surface area (Å²) in [5, 5.41) is 2.70. The highest BCUT2D eigenvalue weighted by atomic mass is 32.2. The number of aromatic nitrogens is 1. The first-order valence-corrected chi connectivity index (χ1v) is 7.86. The Morgan fingerprint density at radius 1 is 1.42 bits per heavy atom. The van der Waals surface area contributed by atoms with Crippen LogP contribution in [0.25, 0.3) is 0 Å². The quantitative estimate of drug-likeness (QED) is 0.858. The lowest BCUT2D eigenvalue weighted by Crippen LogP contribution is -2.42. The number of hydrogen-bond donors (Lipinski definition) is 1. The van der Waals surface area contributed by atoms with Crippen LogP contribution in [0.2, 0.25) is 0 Å². The topological polar surface area (TPSA) is 79.4 Å². The smallest absolute Gasteiger partial charge is 0.252 e. The van der Waals surface area contributed by atoms with Crippen molar-refractivity contribution in [2.75, 3.05) is 25.4 Å². The van der Waals surface area contributed by atoms with Gasteiger partial charge in [0, 0.05) is 32.0 Å². The molecule has 0 unspecified atom stereocenters. The first-order chi connectivity index (χ1) is 9.09. The molecule has 1 aliphatic heterocycles. The Morgan fingerprint density at radius 3 is 2.95 bits per heavy atom. The van der Waals surface area contributed by atoms with Gasteiger partial charge in [0.15, 0.2) is 0 Å². The van der Waals surface area contributed by atoms with E-state index in [1.807, 2.05) is 0 Å². The van der Waals surface area contributed by atoms with Gasteiger partial charge in [-0.2, -0.15) is 0 Å². The second-order valence-corrected chi connectivity index (χ2v) is 6.51. The van der Waals surface area contributed by atoms with Gasteiger partial charge in [-0.15, -0.1) is 0 Å². The zero-order chi connectivity index (χ0) is 13.7. The van der Waals surface area contributed by atoms with E-state index in [-0.39, 0.29) is 11.7 Å². The summed E-state index contributed by atoms with van der Waals surface area (Å²) in [7, 11) is -3.12. The Morgan fingerprint density at radius 2 is 2.26 bits per heavy atom. The monoisotopic (exact) mass is 283 g/mol. The Kier molecular flexibility index (Phi) is 4.49. The van der Waals surface area contributed by atoms with E-state index < -0.39 is 10.0 Å². The number of rotatable bonds is 4. The van der Waals surface area contributed by atoms with E-state index in [1.165, 1.54) is 10.5 Å². The van der Waals surface area contributed by atoms with E-state index in [0.717, 1.165) is 12.8 Å². The van der Waals surface area contributed by atoms with Crippen molar-refractivity contribution in [3.8, 4) is 0 Å². The fraction of sp³-hybridized carbons (Fsp3) is 0.500. The fourth-order valence-corrected chi connectivity index (χ4v) is 3.59. The van der Waals surface area contributed by atoms with E-state index in [0.29, 0.717) is 25.2 Å². The van der Waals surface area contributed by atoms with E-state index >= 15 is 0 Å². The minimum atomic E-state index is -3.12. The number of amides is 1. The summed E-state index contributed by atoms with van der Waals surface area (Å²) in [4.78, 5) is 15.6. The molecule has 1 N–H and O–H groups in total. The van der Waals surface area contributed by atoms with E-state index in [9.17, 15) is 13.2 Å². The summed E-state index contributed by atoms with van der Waals surface area (Å²) in [6.07, 6.45) is 4.68. The van der Waals surface area contributed by atoms with Crippen LogP contribution in [0.15, 0.2) is 24.5 Å². The lowest BCUT2D eigenvalue weighted by molar-refractivity contribution is 0.0951. The lowest BCUT2D eigenvalue weighted by Gasteiger charge is -2.26. The van der Waals surface area contributed by atoms with Gasteiger partial charge in [0.1, 0.15) is 0 Å². The average Bonchev–Trinajstić information content (AvgIpc) is 2.41. The molecule has 0 radical (unpaired) electrons. The molecule has 1 aromatic heterocycles. The molecule has 0 spiro atoms. The van der Waals surface area contributed by atoms with Crippen molar-refractivity contribution in [3.05, 3.63) is 30.1 Å². The molecule has 0 saturated carbocycles. The van der Waals surface area contributed by atoms with Gasteiger partial charge in [0.25, 0.3) is 5.91 Å². The SMILES string of the molecule is O=C(NCCN1CCCCS1(=O)=O)c1cccnc1. The van der Waals surface area contributed by atoms with Crippen molar-refractivity contribution in [2.45, 2.75) is 12.8 Å². The highest BCUT2D eigenvalue weighted by Gasteiger charge is 2.25. The molecular formula is C12H17N3O3S. The molecule has 1 aromatic rings. The molecule has 1 aliphatic rings. The van der Waals surface area contributed by atoms with Gasteiger partial charge >= 0.3 is 0 Å². The van der Waals surface area contributed by atoms with Crippen molar-refractivity contribution >= 4 is 15.9 Å². The Bertz CT molecular complexity index is 530. The number of carbonyl (C=O) groups is 1. The van der Waals surface area contributed by atoms with Crippen molar-refractivity contribution in [3.63, 3.8) is 0 Å². The van der Waals surface area contributed by atoms with E-state index in [4.69, 9.17) is 0 Å². The maximum absolute atomic E-state index is 11.7. The molecule has 0 bridgehead atoms. The van der Waals surface area contributed by atoms with Crippen LogP contribution in [0.5, 0.6) is 0 Å². The summed E-state index contributed by atoms with van der Waals surface area (Å²) in [6, 6.07) is 3.35. The minimum absolute atomic E-state index is 0.212. The van der Waals surface area contributed by atoms with E-state index in [1.54, 1.807) is 18.3 Å². The van der Waals surface area contributed by atoms with Gasteiger partial charge in [-0.25, -0.2) is 12.7 Å². The molecule has 1 fully saturated rings. The molecule has 7 heteroatoms. The third-order valence-corrected chi connectivity index (χ3v) is 4.98. The Labute approximate surface area is 112 Å². The fourth-order valence-electron chi connectivity index (χ4n) is 1.98. The second-order valence-electron chi connectivity index (χ2n) is 4.42. The number of hydrogen-bond acceptors (Lipinski definition) is 4. The first kappa shape index (κ1) is 14.0. The standard InChI is InChI=1S/C12H17N3O3S/c16-12(11-4-3-5-13-10-11)14-6-8-15-7-1-2-9-19(15,17)18/h3-5,10H,1-2,6-9H2,(H,14,16). The van der Waals surface area contributed by atoms with Crippen molar-refractivity contribution < 1.29 is 13.2 Å². The molecule has 0 aromatic carbocycles. The molecule has 2 heterocycles. The average molecular weight is 283 g/mol. The normalized spacial score (nSPS) is 18.9. The molecule has 1 saturated heterocycles. The van der Waals surface area contributed by atoms with Gasteiger partial charge in [-0.3, -0.25) is 9.78 Å². The summed E-state index contributed by atoms with van der Waals surface area (Å²) in [6.45, 7) is 1.19. The van der Waals surface area contributed by atoms with Crippen molar-refractivity contribution in [2.24, 2.45) is 0 Å². The number of pyridine rings is 1. The predicted molar refractivity (Wildman–Crippen MR) is 71.2 cm³/mol. The highest BCUT2D eigenvalue weighted by Crippen LogP contribution is 2.12. The van der Waals surface area contributed by atoms with E-state index in [2.05, 4.69) is 10.3 Å². The maximum Gasteiger partial charge on any atom is 0.252 e. The maximum atomic E-state index is 11.7. The zero-order valence-electron chi connectivity index (χ0n) is 10.6. The summed E-state index contributed by atoms with van der Waals surface area (Å²) >= 11 is 0. The summed E-state index contributed by atoms with van der Waals surface area (Å²) in [5.41, 5.74) is 0.476. The molecule has 19 heavy (non-hydrogen) atoms. The number of nitrogens with zero attached hydrogens (tertiary/aromatic N) is 2. The summed E-state index contributed by atoms with van der Waals surface area (Å²) < 4.78 is 24.9. The highest BCUT2D eigenvalue weighted by molar-refractivity contribution is 7.89. The molecule has 0 atom stereocenters. The summed E-state index contributed by atoms with van der Waals surface area (Å²) in [5.74, 6) is -0.0219. The Hall–Kier alpha value is -1.47. The van der Waals surface area contributed by atoms with Crippen LogP contribution < -0.4 is 5.32 Å². The lowest BCUT2D eigenvalue weighted by atomic mass is 10.3. The van der Waals surface area contributed by atoms with Crippen LogP contribution in [-0.4, -0.2) is 49.0 Å². The van der Waals surface area contributed by atoms with Crippen molar-refractivity contribution in [1.82, 2.24) is 14.6 Å². The second kappa shape index (κ2) is 6.12. The van der Waals surface area contributed by atoms with Gasteiger partial charge in [0.05, 0.1) is 11.3 Å². The predicted octanol–water partition coefficient (Wildman–Crippen LogP) is 0.237. The van der Waals surface area contributed by atoms with Gasteiger partial charge in [-0.05, 0) is 25.0 Å². The van der Waals surface area contributed by atoms with Crippen LogP contribution in [0.3, 0.4) is 0 Å². The van der Waals surface area contributed by atoms with Crippen LogP contribution in [0, 0.1) is 0 Å². The molecular weight excluding hydrogens is 266 g/mol. The molecule has 1 amide bonds.